The van der Waals surface area contributed by atoms with Crippen molar-refractivity contribution in [1.82, 2.24) is 5.32 Å². The normalized spacial score (nSPS) is 24.4. The van der Waals surface area contributed by atoms with Crippen LogP contribution in [-0.4, -0.2) is 40.1 Å². The number of quaternary nitrogens is 1. The molecule has 2 aromatic carbocycles. The van der Waals surface area contributed by atoms with Crippen LogP contribution in [0.2, 0.25) is 10.0 Å². The van der Waals surface area contributed by atoms with Crippen LogP contribution in [0.25, 0.3) is 0 Å². The summed E-state index contributed by atoms with van der Waals surface area (Å²) in [5.74, 6) is -0.217. The van der Waals surface area contributed by atoms with E-state index >= 15 is 0 Å². The van der Waals surface area contributed by atoms with Crippen molar-refractivity contribution in [2.24, 2.45) is 0 Å². The van der Waals surface area contributed by atoms with Gasteiger partial charge in [-0.15, -0.1) is 0 Å². The van der Waals surface area contributed by atoms with E-state index in [2.05, 4.69) is 5.32 Å². The fourth-order valence-electron chi connectivity index (χ4n) is 3.85. The van der Waals surface area contributed by atoms with Crippen molar-refractivity contribution in [3.63, 3.8) is 0 Å². The van der Waals surface area contributed by atoms with E-state index in [0.29, 0.717) is 28.6 Å². The molecule has 3 N–H and O–H groups in total. The number of benzene rings is 2. The van der Waals surface area contributed by atoms with Crippen molar-refractivity contribution in [2.45, 2.75) is 31.5 Å². The second kappa shape index (κ2) is 8.17. The third kappa shape index (κ3) is 4.45. The molecular formula is C20H23Cl2N2O3+. The second-order valence-corrected chi connectivity index (χ2v) is 7.88. The molecule has 0 spiro atoms. The summed E-state index contributed by atoms with van der Waals surface area (Å²) in [6, 6.07) is 13.4. The highest BCUT2D eigenvalue weighted by Crippen LogP contribution is 2.43. The molecule has 0 aromatic heterocycles. The van der Waals surface area contributed by atoms with E-state index in [1.165, 1.54) is 6.92 Å². The van der Waals surface area contributed by atoms with Crippen LogP contribution in [0.15, 0.2) is 48.5 Å². The Morgan fingerprint density at radius 3 is 2.48 bits per heavy atom. The molecule has 2 unspecified atom stereocenters. The number of nitrogens with zero attached hydrogens (tertiary/aromatic N) is 1. The van der Waals surface area contributed by atoms with Gasteiger partial charge in [0.05, 0.1) is 5.02 Å². The Morgan fingerprint density at radius 1 is 1.22 bits per heavy atom. The molecule has 144 valence electrons. The summed E-state index contributed by atoms with van der Waals surface area (Å²) in [4.78, 5) is 12.0. The van der Waals surface area contributed by atoms with Gasteiger partial charge in [0, 0.05) is 23.9 Å². The molecule has 1 aliphatic heterocycles. The van der Waals surface area contributed by atoms with Gasteiger partial charge in [0.25, 0.3) is 0 Å². The average Bonchev–Trinajstić information content (AvgIpc) is 2.96. The van der Waals surface area contributed by atoms with Gasteiger partial charge in [0.15, 0.2) is 6.04 Å². The van der Waals surface area contributed by atoms with E-state index in [9.17, 15) is 15.1 Å². The number of hydrogen-bond acceptors (Lipinski definition) is 3. The summed E-state index contributed by atoms with van der Waals surface area (Å²) in [6.45, 7) is 1.96. The minimum absolute atomic E-state index is 0.159. The van der Waals surface area contributed by atoms with Crippen LogP contribution in [0, 0.1) is 0 Å². The molecule has 3 rings (SSSR count). The van der Waals surface area contributed by atoms with Crippen LogP contribution in [0.3, 0.4) is 0 Å². The zero-order valence-corrected chi connectivity index (χ0v) is 16.5. The van der Waals surface area contributed by atoms with Crippen LogP contribution < -0.4 is 5.32 Å². The molecule has 0 aliphatic carbocycles. The van der Waals surface area contributed by atoms with Gasteiger partial charge in [-0.2, -0.15) is 4.65 Å². The topological polar surface area (TPSA) is 69.6 Å². The summed E-state index contributed by atoms with van der Waals surface area (Å²) in [5, 5.41) is 25.4. The SMILES string of the molecule is CC(=O)N[C@@H](c1ccccc1)C(c1ccc(Cl)cc1Cl)[N+]1(O)CC[C@H](O)C1. The van der Waals surface area contributed by atoms with Gasteiger partial charge in [-0.25, -0.2) is 5.21 Å². The maximum absolute atomic E-state index is 12.0. The number of hydrogen-bond donors (Lipinski definition) is 3. The Hall–Kier alpha value is -1.63. The molecule has 1 amide bonds. The van der Waals surface area contributed by atoms with Crippen molar-refractivity contribution in [2.75, 3.05) is 13.1 Å². The highest BCUT2D eigenvalue weighted by atomic mass is 35.5. The van der Waals surface area contributed by atoms with E-state index in [0.717, 1.165) is 5.56 Å². The lowest BCUT2D eigenvalue weighted by molar-refractivity contribution is -1.12. The molecule has 2 aromatic rings. The van der Waals surface area contributed by atoms with Gasteiger partial charge >= 0.3 is 0 Å². The first-order valence-electron chi connectivity index (χ1n) is 8.85. The third-order valence-corrected chi connectivity index (χ3v) is 5.57. The lowest BCUT2D eigenvalue weighted by atomic mass is 9.91. The standard InChI is InChI=1S/C20H22Cl2N2O3/c1-13(25)23-19(14-5-3-2-4-6-14)20(24(27)10-9-16(26)12-24)17-8-7-15(21)11-18(17)22/h2-8,11,16,19-20,26-27H,9-10,12H2,1H3/p+1/t16-,19-,20?,24?/m0/s1. The van der Waals surface area contributed by atoms with Gasteiger partial charge in [0.2, 0.25) is 5.91 Å². The number of aliphatic hydroxyl groups excluding tert-OH is 1. The number of likely N-dealkylation sites (tertiary alicyclic amines) is 1. The average molecular weight is 410 g/mol. The zero-order valence-electron chi connectivity index (χ0n) is 15.0. The van der Waals surface area contributed by atoms with Crippen LogP contribution in [-0.2, 0) is 4.79 Å². The first kappa shape index (κ1) is 20.1. The van der Waals surface area contributed by atoms with Crippen molar-refractivity contribution < 1.29 is 19.8 Å². The molecule has 0 bridgehead atoms. The van der Waals surface area contributed by atoms with Crippen LogP contribution in [0.5, 0.6) is 0 Å². The number of rotatable bonds is 5. The molecule has 0 saturated carbocycles. The molecule has 1 fully saturated rings. The predicted octanol–water partition coefficient (Wildman–Crippen LogP) is 3.88. The van der Waals surface area contributed by atoms with E-state index in [1.807, 2.05) is 30.3 Å². The van der Waals surface area contributed by atoms with Gasteiger partial charge in [0.1, 0.15) is 25.2 Å². The predicted molar refractivity (Wildman–Crippen MR) is 105 cm³/mol. The summed E-state index contributed by atoms with van der Waals surface area (Å²) in [6.07, 6.45) is -0.142. The Balaban J connectivity index is 2.16. The summed E-state index contributed by atoms with van der Waals surface area (Å²) in [5.41, 5.74) is 1.51. The number of carbonyl (C=O) groups excluding carboxylic acids is 1. The third-order valence-electron chi connectivity index (χ3n) is 5.01. The molecule has 0 radical (unpaired) electrons. The van der Waals surface area contributed by atoms with Crippen LogP contribution in [0.1, 0.15) is 36.6 Å². The minimum atomic E-state index is -0.614. The van der Waals surface area contributed by atoms with Crippen LogP contribution >= 0.6 is 23.2 Å². The van der Waals surface area contributed by atoms with Gasteiger partial charge < -0.3 is 10.4 Å². The fraction of sp³-hybridized carbons (Fsp3) is 0.350. The monoisotopic (exact) mass is 409 g/mol. The Bertz CT molecular complexity index is 818. The molecule has 1 saturated heterocycles. The molecule has 7 heteroatoms. The van der Waals surface area contributed by atoms with Gasteiger partial charge in [-0.1, -0.05) is 53.5 Å². The number of amides is 1. The first-order valence-corrected chi connectivity index (χ1v) is 9.60. The highest BCUT2D eigenvalue weighted by Gasteiger charge is 2.49. The van der Waals surface area contributed by atoms with Crippen LogP contribution in [0.4, 0.5) is 0 Å². The summed E-state index contributed by atoms with van der Waals surface area (Å²) in [7, 11) is 0. The van der Waals surface area contributed by atoms with Crippen molar-refractivity contribution in [3.05, 3.63) is 69.7 Å². The number of carbonyl (C=O) groups is 1. The number of hydroxylamine groups is 3. The molecular weight excluding hydrogens is 387 g/mol. The highest BCUT2D eigenvalue weighted by molar-refractivity contribution is 6.35. The largest absolute Gasteiger partial charge is 0.387 e. The molecule has 1 aliphatic rings. The lowest BCUT2D eigenvalue weighted by Crippen LogP contribution is -2.51. The lowest BCUT2D eigenvalue weighted by Gasteiger charge is -2.39. The van der Waals surface area contributed by atoms with E-state index in [1.54, 1.807) is 18.2 Å². The number of nitrogens with one attached hydrogen (secondary N) is 1. The maximum Gasteiger partial charge on any atom is 0.217 e. The fourth-order valence-corrected chi connectivity index (χ4v) is 4.37. The Morgan fingerprint density at radius 2 is 1.93 bits per heavy atom. The van der Waals surface area contributed by atoms with Gasteiger partial charge in [-0.05, 0) is 23.8 Å². The van der Waals surface area contributed by atoms with Crippen molar-refractivity contribution in [1.29, 1.82) is 0 Å². The van der Waals surface area contributed by atoms with Gasteiger partial charge in [-0.3, -0.25) is 4.79 Å². The smallest absolute Gasteiger partial charge is 0.217 e. The molecule has 4 atom stereocenters. The minimum Gasteiger partial charge on any atom is -0.387 e. The maximum atomic E-state index is 12.0. The number of halogens is 2. The van der Waals surface area contributed by atoms with E-state index < -0.39 is 22.8 Å². The van der Waals surface area contributed by atoms with Crippen molar-refractivity contribution >= 4 is 29.1 Å². The summed E-state index contributed by atoms with van der Waals surface area (Å²) < 4.78 is -0.414. The molecule has 1 heterocycles. The Labute approximate surface area is 168 Å². The molecule has 5 nitrogen and oxygen atoms in total. The zero-order chi connectivity index (χ0) is 19.6. The summed E-state index contributed by atoms with van der Waals surface area (Å²) >= 11 is 12.5. The van der Waals surface area contributed by atoms with E-state index in [-0.39, 0.29) is 12.5 Å². The first-order chi connectivity index (χ1) is 12.8. The molecule has 27 heavy (non-hydrogen) atoms. The quantitative estimate of drug-likeness (QED) is 0.656. The number of aliphatic hydroxyl groups is 1. The van der Waals surface area contributed by atoms with Crippen molar-refractivity contribution in [3.8, 4) is 0 Å². The van der Waals surface area contributed by atoms with E-state index in [4.69, 9.17) is 23.2 Å². The Kier molecular flexibility index (Phi) is 6.08. The second-order valence-electron chi connectivity index (χ2n) is 7.04.